The molecule has 0 aliphatic heterocycles. The fourth-order valence-corrected chi connectivity index (χ4v) is 3.16. The van der Waals surface area contributed by atoms with Crippen LogP contribution in [-0.4, -0.2) is 16.8 Å². The number of ketones is 1. The van der Waals surface area contributed by atoms with E-state index < -0.39 is 0 Å². The van der Waals surface area contributed by atoms with Crippen LogP contribution in [0, 0.1) is 5.92 Å². The predicted octanol–water partition coefficient (Wildman–Crippen LogP) is 3.67. The van der Waals surface area contributed by atoms with Crippen molar-refractivity contribution in [1.82, 2.24) is 0 Å². The van der Waals surface area contributed by atoms with Gasteiger partial charge in [-0.3, -0.25) is 4.79 Å². The van der Waals surface area contributed by atoms with Crippen LogP contribution in [0.3, 0.4) is 0 Å². The SMILES string of the molecule is CC(C)CC(=O)CSC1CCCCC1. The maximum absolute atomic E-state index is 11.5. The second-order valence-electron chi connectivity index (χ2n) is 4.71. The second kappa shape index (κ2) is 6.49. The molecule has 1 nitrogen and oxygen atoms in total. The van der Waals surface area contributed by atoms with E-state index >= 15 is 0 Å². The molecule has 0 heterocycles. The highest BCUT2D eigenvalue weighted by Gasteiger charge is 2.15. The van der Waals surface area contributed by atoms with Gasteiger partial charge in [-0.15, -0.1) is 0 Å². The average molecular weight is 214 g/mol. The fourth-order valence-electron chi connectivity index (χ4n) is 1.96. The number of carbonyl (C=O) groups excluding carboxylic acids is 1. The van der Waals surface area contributed by atoms with Crippen LogP contribution < -0.4 is 0 Å². The summed E-state index contributed by atoms with van der Waals surface area (Å²) in [6, 6.07) is 0. The summed E-state index contributed by atoms with van der Waals surface area (Å²) in [5, 5.41) is 0.778. The summed E-state index contributed by atoms with van der Waals surface area (Å²) in [5.41, 5.74) is 0. The second-order valence-corrected chi connectivity index (χ2v) is 6.00. The van der Waals surface area contributed by atoms with Gasteiger partial charge in [-0.1, -0.05) is 33.1 Å². The minimum atomic E-state index is 0.440. The monoisotopic (exact) mass is 214 g/mol. The van der Waals surface area contributed by atoms with Crippen molar-refractivity contribution in [1.29, 1.82) is 0 Å². The van der Waals surface area contributed by atoms with E-state index in [0.29, 0.717) is 11.7 Å². The van der Waals surface area contributed by atoms with Gasteiger partial charge in [-0.2, -0.15) is 11.8 Å². The van der Waals surface area contributed by atoms with Crippen LogP contribution in [0.1, 0.15) is 52.4 Å². The van der Waals surface area contributed by atoms with E-state index in [1.165, 1.54) is 32.1 Å². The molecule has 0 radical (unpaired) electrons. The molecule has 2 heteroatoms. The lowest BCUT2D eigenvalue weighted by atomic mass is 10.0. The Bertz CT molecular complexity index is 171. The molecule has 1 aliphatic rings. The molecule has 0 aromatic heterocycles. The number of carbonyl (C=O) groups is 1. The molecule has 0 amide bonds. The zero-order chi connectivity index (χ0) is 10.4. The van der Waals surface area contributed by atoms with Gasteiger partial charge in [0.25, 0.3) is 0 Å². The largest absolute Gasteiger partial charge is 0.299 e. The van der Waals surface area contributed by atoms with E-state index in [-0.39, 0.29) is 0 Å². The van der Waals surface area contributed by atoms with Crippen LogP contribution in [0.2, 0.25) is 0 Å². The highest BCUT2D eigenvalue weighted by atomic mass is 32.2. The Balaban J connectivity index is 2.09. The van der Waals surface area contributed by atoms with Crippen molar-refractivity contribution in [3.8, 4) is 0 Å². The van der Waals surface area contributed by atoms with Gasteiger partial charge in [-0.05, 0) is 18.8 Å². The topological polar surface area (TPSA) is 17.1 Å². The van der Waals surface area contributed by atoms with Crippen molar-refractivity contribution >= 4 is 17.5 Å². The first-order valence-corrected chi connectivity index (χ1v) is 6.86. The van der Waals surface area contributed by atoms with Crippen molar-refractivity contribution in [2.45, 2.75) is 57.6 Å². The zero-order valence-corrected chi connectivity index (χ0v) is 10.2. The number of Topliss-reactive ketones (excluding diaryl/α,β-unsaturated/α-hetero) is 1. The zero-order valence-electron chi connectivity index (χ0n) is 9.42. The van der Waals surface area contributed by atoms with Crippen LogP contribution in [0.5, 0.6) is 0 Å². The Morgan fingerprint density at radius 2 is 1.93 bits per heavy atom. The van der Waals surface area contributed by atoms with Crippen LogP contribution in [0.15, 0.2) is 0 Å². The molecule has 0 bridgehead atoms. The molecule has 14 heavy (non-hydrogen) atoms. The van der Waals surface area contributed by atoms with Crippen LogP contribution in [0.25, 0.3) is 0 Å². The first-order valence-electron chi connectivity index (χ1n) is 5.82. The number of thioether (sulfide) groups is 1. The minimum Gasteiger partial charge on any atom is -0.299 e. The summed E-state index contributed by atoms with van der Waals surface area (Å²) in [5.74, 6) is 1.72. The number of rotatable bonds is 5. The van der Waals surface area contributed by atoms with Gasteiger partial charge in [0.15, 0.2) is 0 Å². The number of hydrogen-bond donors (Lipinski definition) is 0. The lowest BCUT2D eigenvalue weighted by Gasteiger charge is -2.20. The van der Waals surface area contributed by atoms with E-state index in [1.807, 2.05) is 11.8 Å². The standard InChI is InChI=1S/C12H22OS/c1-10(2)8-11(13)9-14-12-6-4-3-5-7-12/h10,12H,3-9H2,1-2H3. The molecule has 1 saturated carbocycles. The molecule has 0 unspecified atom stereocenters. The van der Waals surface area contributed by atoms with Crippen molar-refractivity contribution in [2.24, 2.45) is 5.92 Å². The lowest BCUT2D eigenvalue weighted by Crippen LogP contribution is -2.13. The van der Waals surface area contributed by atoms with Gasteiger partial charge in [0.1, 0.15) is 5.78 Å². The van der Waals surface area contributed by atoms with Gasteiger partial charge in [0.2, 0.25) is 0 Å². The summed E-state index contributed by atoms with van der Waals surface area (Å²) >= 11 is 1.90. The van der Waals surface area contributed by atoms with E-state index in [9.17, 15) is 4.79 Å². The summed E-state index contributed by atoms with van der Waals surface area (Å²) in [6.07, 6.45) is 7.57. The van der Waals surface area contributed by atoms with Gasteiger partial charge >= 0.3 is 0 Å². The average Bonchev–Trinajstić information content (AvgIpc) is 2.15. The van der Waals surface area contributed by atoms with E-state index in [1.54, 1.807) is 0 Å². The highest BCUT2D eigenvalue weighted by Crippen LogP contribution is 2.28. The Kier molecular flexibility index (Phi) is 5.61. The maximum atomic E-state index is 11.5. The van der Waals surface area contributed by atoms with E-state index in [2.05, 4.69) is 13.8 Å². The molecular formula is C12H22OS. The molecule has 0 N–H and O–H groups in total. The summed E-state index contributed by atoms with van der Waals surface area (Å²) < 4.78 is 0. The molecule has 0 aromatic rings. The lowest BCUT2D eigenvalue weighted by molar-refractivity contribution is -0.117. The Morgan fingerprint density at radius 1 is 1.29 bits per heavy atom. The van der Waals surface area contributed by atoms with Crippen LogP contribution in [-0.2, 0) is 4.79 Å². The third kappa shape index (κ3) is 5.04. The van der Waals surface area contributed by atoms with Crippen molar-refractivity contribution in [3.05, 3.63) is 0 Å². The number of hydrogen-bond acceptors (Lipinski definition) is 2. The van der Waals surface area contributed by atoms with Gasteiger partial charge in [-0.25, -0.2) is 0 Å². The van der Waals surface area contributed by atoms with Crippen molar-refractivity contribution in [3.63, 3.8) is 0 Å². The smallest absolute Gasteiger partial charge is 0.143 e. The molecule has 82 valence electrons. The molecular weight excluding hydrogens is 192 g/mol. The van der Waals surface area contributed by atoms with Crippen LogP contribution in [0.4, 0.5) is 0 Å². The van der Waals surface area contributed by atoms with Crippen LogP contribution >= 0.6 is 11.8 Å². The van der Waals surface area contributed by atoms with Gasteiger partial charge in [0.05, 0.1) is 5.75 Å². The molecule has 1 rings (SSSR count). The quantitative estimate of drug-likeness (QED) is 0.694. The molecule has 0 atom stereocenters. The first kappa shape index (κ1) is 12.1. The Hall–Kier alpha value is 0.0200. The molecule has 0 saturated heterocycles. The van der Waals surface area contributed by atoms with E-state index in [4.69, 9.17) is 0 Å². The molecule has 0 spiro atoms. The summed E-state index contributed by atoms with van der Waals surface area (Å²) in [6.45, 7) is 4.23. The summed E-state index contributed by atoms with van der Waals surface area (Å²) in [4.78, 5) is 11.5. The predicted molar refractivity (Wildman–Crippen MR) is 63.8 cm³/mol. The Labute approximate surface area is 92.0 Å². The first-order chi connectivity index (χ1) is 6.68. The normalized spacial score (nSPS) is 18.8. The Morgan fingerprint density at radius 3 is 2.50 bits per heavy atom. The van der Waals surface area contributed by atoms with Gasteiger partial charge < -0.3 is 0 Å². The third-order valence-electron chi connectivity index (χ3n) is 2.67. The van der Waals surface area contributed by atoms with Crippen molar-refractivity contribution < 1.29 is 4.79 Å². The van der Waals surface area contributed by atoms with Crippen molar-refractivity contribution in [2.75, 3.05) is 5.75 Å². The molecule has 1 fully saturated rings. The minimum absolute atomic E-state index is 0.440. The molecule has 1 aliphatic carbocycles. The highest BCUT2D eigenvalue weighted by molar-refractivity contribution is 8.00. The maximum Gasteiger partial charge on any atom is 0.143 e. The van der Waals surface area contributed by atoms with Gasteiger partial charge in [0, 0.05) is 11.7 Å². The fraction of sp³-hybridized carbons (Fsp3) is 0.917. The molecule has 0 aromatic carbocycles. The summed E-state index contributed by atoms with van der Waals surface area (Å²) in [7, 11) is 0. The third-order valence-corrected chi connectivity index (χ3v) is 4.10. The van der Waals surface area contributed by atoms with E-state index in [0.717, 1.165) is 17.4 Å².